The third-order valence-corrected chi connectivity index (χ3v) is 3.23. The standard InChI is InChI=1S/C18H22FN3O/c1-14(23-17-9-7-16(19)8-10-17)13-22-18(20)21-12-11-15-5-3-2-4-6-15/h2-10,14H,11-13H2,1H3,(H3,20,21,22). The summed E-state index contributed by atoms with van der Waals surface area (Å²) in [5, 5.41) is 3.08. The second-order valence-corrected chi connectivity index (χ2v) is 5.27. The Morgan fingerprint density at radius 3 is 2.57 bits per heavy atom. The zero-order chi connectivity index (χ0) is 16.5. The van der Waals surface area contributed by atoms with Gasteiger partial charge in [0.05, 0.1) is 6.54 Å². The Labute approximate surface area is 136 Å². The Bertz CT molecular complexity index is 614. The van der Waals surface area contributed by atoms with Crippen LogP contribution in [0.2, 0.25) is 0 Å². The molecule has 23 heavy (non-hydrogen) atoms. The van der Waals surface area contributed by atoms with E-state index >= 15 is 0 Å². The molecule has 5 heteroatoms. The Morgan fingerprint density at radius 1 is 1.17 bits per heavy atom. The third kappa shape index (κ3) is 6.38. The van der Waals surface area contributed by atoms with Gasteiger partial charge in [-0.3, -0.25) is 0 Å². The summed E-state index contributed by atoms with van der Waals surface area (Å²) in [6.45, 7) is 3.05. The van der Waals surface area contributed by atoms with E-state index < -0.39 is 0 Å². The molecule has 0 aliphatic heterocycles. The lowest BCUT2D eigenvalue weighted by atomic mass is 10.1. The number of hydrogen-bond donors (Lipinski definition) is 2. The molecule has 0 aliphatic carbocycles. The molecule has 0 fully saturated rings. The van der Waals surface area contributed by atoms with Gasteiger partial charge in [-0.25, -0.2) is 9.38 Å². The van der Waals surface area contributed by atoms with Gasteiger partial charge in [0.1, 0.15) is 17.7 Å². The van der Waals surface area contributed by atoms with Gasteiger partial charge in [0.15, 0.2) is 5.96 Å². The van der Waals surface area contributed by atoms with Crippen molar-refractivity contribution in [2.45, 2.75) is 19.4 Å². The van der Waals surface area contributed by atoms with Crippen LogP contribution >= 0.6 is 0 Å². The van der Waals surface area contributed by atoms with Crippen LogP contribution in [0.25, 0.3) is 0 Å². The van der Waals surface area contributed by atoms with E-state index in [0.29, 0.717) is 18.3 Å². The Morgan fingerprint density at radius 2 is 1.87 bits per heavy atom. The average molecular weight is 315 g/mol. The van der Waals surface area contributed by atoms with Crippen LogP contribution in [0.5, 0.6) is 5.75 Å². The molecule has 0 saturated carbocycles. The van der Waals surface area contributed by atoms with Crippen molar-refractivity contribution in [2.24, 2.45) is 10.7 Å². The lowest BCUT2D eigenvalue weighted by molar-refractivity contribution is 0.230. The molecule has 0 aromatic heterocycles. The molecule has 0 spiro atoms. The highest BCUT2D eigenvalue weighted by Gasteiger charge is 2.04. The maximum atomic E-state index is 12.8. The lowest BCUT2D eigenvalue weighted by Crippen LogP contribution is -2.34. The second-order valence-electron chi connectivity index (χ2n) is 5.27. The van der Waals surface area contributed by atoms with E-state index in [-0.39, 0.29) is 11.9 Å². The van der Waals surface area contributed by atoms with Crippen LogP contribution in [0, 0.1) is 5.82 Å². The van der Waals surface area contributed by atoms with E-state index in [1.54, 1.807) is 12.1 Å². The maximum absolute atomic E-state index is 12.8. The van der Waals surface area contributed by atoms with Gasteiger partial charge in [0, 0.05) is 6.54 Å². The summed E-state index contributed by atoms with van der Waals surface area (Å²) in [4.78, 5) is 4.25. The van der Waals surface area contributed by atoms with Gasteiger partial charge in [-0.1, -0.05) is 30.3 Å². The number of nitrogens with zero attached hydrogens (tertiary/aromatic N) is 1. The first-order valence-corrected chi connectivity index (χ1v) is 7.63. The van der Waals surface area contributed by atoms with Crippen LogP contribution in [-0.2, 0) is 6.42 Å². The minimum atomic E-state index is -0.283. The minimum absolute atomic E-state index is 0.144. The van der Waals surface area contributed by atoms with Gasteiger partial charge in [0.25, 0.3) is 0 Å². The van der Waals surface area contributed by atoms with Gasteiger partial charge < -0.3 is 15.8 Å². The summed E-state index contributed by atoms with van der Waals surface area (Å²) >= 11 is 0. The SMILES string of the molecule is CC(CN=C(N)NCCc1ccccc1)Oc1ccc(F)cc1. The van der Waals surface area contributed by atoms with Crippen molar-refractivity contribution in [1.29, 1.82) is 0 Å². The molecule has 2 aromatic carbocycles. The smallest absolute Gasteiger partial charge is 0.188 e. The molecule has 122 valence electrons. The predicted molar refractivity (Wildman–Crippen MR) is 91.1 cm³/mol. The Kier molecular flexibility index (Phi) is 6.41. The summed E-state index contributed by atoms with van der Waals surface area (Å²) in [6, 6.07) is 16.1. The van der Waals surface area contributed by atoms with Gasteiger partial charge in [-0.05, 0) is 43.2 Å². The third-order valence-electron chi connectivity index (χ3n) is 3.23. The van der Waals surface area contributed by atoms with E-state index in [2.05, 4.69) is 22.4 Å². The van der Waals surface area contributed by atoms with E-state index in [0.717, 1.165) is 13.0 Å². The highest BCUT2D eigenvalue weighted by molar-refractivity contribution is 5.77. The lowest BCUT2D eigenvalue weighted by Gasteiger charge is -2.13. The van der Waals surface area contributed by atoms with Crippen molar-refractivity contribution in [3.8, 4) is 5.75 Å². The molecule has 4 nitrogen and oxygen atoms in total. The summed E-state index contributed by atoms with van der Waals surface area (Å²) < 4.78 is 18.5. The van der Waals surface area contributed by atoms with Crippen LogP contribution in [0.1, 0.15) is 12.5 Å². The zero-order valence-electron chi connectivity index (χ0n) is 13.2. The number of hydrogen-bond acceptors (Lipinski definition) is 2. The Hall–Kier alpha value is -2.56. The minimum Gasteiger partial charge on any atom is -0.489 e. The maximum Gasteiger partial charge on any atom is 0.188 e. The fourth-order valence-electron chi connectivity index (χ4n) is 2.05. The summed E-state index contributed by atoms with van der Waals surface area (Å²) in [6.07, 6.45) is 0.744. The number of benzene rings is 2. The number of ether oxygens (including phenoxy) is 1. The molecular weight excluding hydrogens is 293 g/mol. The van der Waals surface area contributed by atoms with Gasteiger partial charge >= 0.3 is 0 Å². The van der Waals surface area contributed by atoms with Crippen LogP contribution in [0.4, 0.5) is 4.39 Å². The van der Waals surface area contributed by atoms with Crippen LogP contribution in [-0.4, -0.2) is 25.2 Å². The zero-order valence-corrected chi connectivity index (χ0v) is 13.2. The van der Waals surface area contributed by atoms with Crippen molar-refractivity contribution in [3.63, 3.8) is 0 Å². The highest BCUT2D eigenvalue weighted by atomic mass is 19.1. The molecule has 0 radical (unpaired) electrons. The van der Waals surface area contributed by atoms with E-state index in [9.17, 15) is 4.39 Å². The largest absolute Gasteiger partial charge is 0.489 e. The summed E-state index contributed by atoms with van der Waals surface area (Å²) in [5.74, 6) is 0.732. The molecule has 0 heterocycles. The van der Waals surface area contributed by atoms with Crippen molar-refractivity contribution in [2.75, 3.05) is 13.1 Å². The molecule has 0 aliphatic rings. The van der Waals surface area contributed by atoms with Crippen LogP contribution in [0.15, 0.2) is 59.6 Å². The molecule has 1 unspecified atom stereocenters. The van der Waals surface area contributed by atoms with Crippen molar-refractivity contribution in [3.05, 3.63) is 66.0 Å². The van der Waals surface area contributed by atoms with Crippen molar-refractivity contribution in [1.82, 2.24) is 5.32 Å². The molecule has 3 N–H and O–H groups in total. The Balaban J connectivity index is 1.70. The van der Waals surface area contributed by atoms with Crippen molar-refractivity contribution >= 4 is 5.96 Å². The molecular formula is C18H22FN3O. The first kappa shape index (κ1) is 16.8. The number of guanidine groups is 1. The number of rotatable bonds is 7. The molecule has 0 saturated heterocycles. The van der Waals surface area contributed by atoms with Gasteiger partial charge in [-0.2, -0.15) is 0 Å². The molecule has 0 amide bonds. The fraction of sp³-hybridized carbons (Fsp3) is 0.278. The molecule has 2 rings (SSSR count). The van der Waals surface area contributed by atoms with E-state index in [1.165, 1.54) is 17.7 Å². The number of aliphatic imine (C=N–C) groups is 1. The first-order valence-electron chi connectivity index (χ1n) is 7.63. The predicted octanol–water partition coefficient (Wildman–Crippen LogP) is 2.74. The van der Waals surface area contributed by atoms with Crippen LogP contribution in [0.3, 0.4) is 0 Å². The normalized spacial score (nSPS) is 12.7. The van der Waals surface area contributed by atoms with Crippen molar-refractivity contribution < 1.29 is 9.13 Å². The molecule has 0 bridgehead atoms. The summed E-state index contributed by atoms with van der Waals surface area (Å²) in [5.41, 5.74) is 7.08. The quantitative estimate of drug-likeness (QED) is 0.610. The number of nitrogens with one attached hydrogen (secondary N) is 1. The van der Waals surface area contributed by atoms with Gasteiger partial charge in [0.2, 0.25) is 0 Å². The number of nitrogens with two attached hydrogens (primary N) is 1. The first-order chi connectivity index (χ1) is 11.1. The van der Waals surface area contributed by atoms with Crippen LogP contribution < -0.4 is 15.8 Å². The van der Waals surface area contributed by atoms with E-state index in [1.807, 2.05) is 25.1 Å². The monoisotopic (exact) mass is 315 g/mol. The second kappa shape index (κ2) is 8.78. The topological polar surface area (TPSA) is 59.6 Å². The van der Waals surface area contributed by atoms with Gasteiger partial charge in [-0.15, -0.1) is 0 Å². The summed E-state index contributed by atoms with van der Waals surface area (Å²) in [7, 11) is 0. The molecule has 2 aromatic rings. The highest BCUT2D eigenvalue weighted by Crippen LogP contribution is 2.12. The van der Waals surface area contributed by atoms with E-state index in [4.69, 9.17) is 10.5 Å². The average Bonchev–Trinajstić information content (AvgIpc) is 2.56. The fourth-order valence-corrected chi connectivity index (χ4v) is 2.05. The number of halogens is 1. The molecule has 1 atom stereocenters.